The lowest BCUT2D eigenvalue weighted by Gasteiger charge is -2.01. The molecular weight excluding hydrogens is 929 g/mol. The van der Waals surface area contributed by atoms with E-state index in [4.69, 9.17) is 24.0 Å². The zero-order valence-corrected chi connectivity index (χ0v) is 45.2. The summed E-state index contributed by atoms with van der Waals surface area (Å²) < 4.78 is 16.2. The van der Waals surface area contributed by atoms with Crippen molar-refractivity contribution >= 4 is 40.7 Å². The summed E-state index contributed by atoms with van der Waals surface area (Å²) in [5.41, 5.74) is 3.47. The molecule has 6 rings (SSSR count). The first-order valence-electron chi connectivity index (χ1n) is 22.4. The lowest BCUT2D eigenvalue weighted by molar-refractivity contribution is -0.124. The summed E-state index contributed by atoms with van der Waals surface area (Å²) in [5.74, 6) is 5.37. The number of aromatic amines is 3. The maximum Gasteiger partial charge on any atom is 0.280 e. The van der Waals surface area contributed by atoms with Crippen molar-refractivity contribution in [3.05, 3.63) is 107 Å². The molecule has 0 unspecified atom stereocenters. The molecule has 0 aliphatic carbocycles. The number of hydrogen-bond acceptors (Lipinski definition) is 17. The van der Waals surface area contributed by atoms with Gasteiger partial charge in [0, 0.05) is 72.2 Å². The molecule has 0 saturated carbocycles. The van der Waals surface area contributed by atoms with Crippen molar-refractivity contribution in [1.82, 2.24) is 45.2 Å². The first kappa shape index (κ1) is 64.8. The van der Waals surface area contributed by atoms with E-state index in [0.29, 0.717) is 46.6 Å². The van der Waals surface area contributed by atoms with E-state index in [-0.39, 0.29) is 57.8 Å². The van der Waals surface area contributed by atoms with Gasteiger partial charge in [-0.25, -0.2) is 10.5 Å². The third-order valence-electron chi connectivity index (χ3n) is 8.43. The number of aromatic hydroxyl groups is 2. The fraction of sp³-hybridized carbons (Fsp3) is 0.553. The second kappa shape index (κ2) is 34.9. The van der Waals surface area contributed by atoms with Crippen LogP contribution in [-0.4, -0.2) is 71.0 Å². The SMILES string of the molecule is C=C1N=C(C(C)C)NO1.CC(C)c1cc(=O)[nH]o1.CC(C)c1cc(=O)[nH]s1.CC(C)c1cocc(O)c1=O.CC(C)c1ncn[nH]1.CC(C)c1nscc1O.CNC(=O)C(C)C.CNC(=O)C(C)C. The van der Waals surface area contributed by atoms with Gasteiger partial charge >= 0.3 is 0 Å². The molecule has 388 valence electrons. The largest absolute Gasteiger partial charge is 0.505 e. The van der Waals surface area contributed by atoms with Crippen molar-refractivity contribution in [2.45, 2.75) is 140 Å². The van der Waals surface area contributed by atoms with Gasteiger partial charge in [-0.15, -0.1) is 0 Å². The van der Waals surface area contributed by atoms with E-state index in [1.54, 1.807) is 25.5 Å². The van der Waals surface area contributed by atoms with Crippen molar-refractivity contribution in [2.75, 3.05) is 14.1 Å². The molecule has 5 aromatic rings. The number of amidine groups is 1. The zero-order chi connectivity index (χ0) is 53.6. The highest BCUT2D eigenvalue weighted by molar-refractivity contribution is 7.05. The minimum absolute atomic E-state index is 0.0173. The van der Waals surface area contributed by atoms with Gasteiger partial charge in [0.1, 0.15) is 35.8 Å². The number of rotatable bonds is 8. The molecule has 0 aromatic carbocycles. The molecule has 6 heterocycles. The van der Waals surface area contributed by atoms with Gasteiger partial charge in [0.2, 0.25) is 23.1 Å². The predicted octanol–water partition coefficient (Wildman–Crippen LogP) is 8.84. The molecule has 1 aliphatic rings. The summed E-state index contributed by atoms with van der Waals surface area (Å²) in [6.45, 7) is 35.0. The number of hydroxylamine groups is 1. The van der Waals surface area contributed by atoms with E-state index in [9.17, 15) is 24.0 Å². The third kappa shape index (κ3) is 28.6. The van der Waals surface area contributed by atoms with E-state index < -0.39 is 0 Å². The third-order valence-corrected chi connectivity index (χ3v) is 10.2. The van der Waals surface area contributed by atoms with Gasteiger partial charge in [0.15, 0.2) is 5.75 Å². The van der Waals surface area contributed by atoms with Crippen LogP contribution in [0.2, 0.25) is 0 Å². The van der Waals surface area contributed by atoms with Crippen LogP contribution >= 0.6 is 23.1 Å². The summed E-state index contributed by atoms with van der Waals surface area (Å²) in [5, 5.41) is 33.4. The quantitative estimate of drug-likeness (QED) is 0.0720. The lowest BCUT2D eigenvalue weighted by atomic mass is 10.1. The molecule has 0 atom stereocenters. The number of H-pyrrole nitrogens is 3. The summed E-state index contributed by atoms with van der Waals surface area (Å²) >= 11 is 2.71. The highest BCUT2D eigenvalue weighted by atomic mass is 32.1. The molecule has 22 heteroatoms. The Hall–Kier alpha value is -6.29. The highest BCUT2D eigenvalue weighted by Gasteiger charge is 2.12. The van der Waals surface area contributed by atoms with Crippen molar-refractivity contribution in [1.29, 1.82) is 0 Å². The first-order chi connectivity index (χ1) is 32.1. The standard InChI is InChI=1S/C8H10O3.C6H10N2O.C6H9NO2.2C6H9NOS.C5H9N3.2C5H11NO/c1-5(2)6-3-11-4-7(9)8(6)10;1-4(2)6-7-5(3)9-8-6;1-4(2)5-3-6(8)7-9-5;1-4(2)6-5(8)3-9-7-6;1-4(2)5-3-6(8)7-9-5;1-4(2)5-6-3-7-8-5;2*1-4(2)5(7)6-3/h3-5,9H,1-2H3;4H,3H2,1-2H3,(H,7,8);3-4H,1-2H3,(H,7,8);3-4,8H,1-2H3;3-4H,1-2H3,(H,7,8);3-4H,1-2H3,(H,6,7,8);2*4H,1-3H3,(H,6,7). The van der Waals surface area contributed by atoms with E-state index in [1.807, 2.05) is 83.1 Å². The number of aromatic nitrogens is 6. The van der Waals surface area contributed by atoms with Crippen LogP contribution in [0.5, 0.6) is 11.5 Å². The van der Waals surface area contributed by atoms with E-state index in [0.717, 1.165) is 28.5 Å². The smallest absolute Gasteiger partial charge is 0.280 e. The average molecular weight is 1010 g/mol. The Morgan fingerprint density at radius 1 is 0.725 bits per heavy atom. The van der Waals surface area contributed by atoms with Crippen LogP contribution < -0.4 is 32.7 Å². The number of nitrogens with one attached hydrogen (secondary N) is 6. The Morgan fingerprint density at radius 3 is 1.52 bits per heavy atom. The minimum atomic E-state index is -0.341. The number of aliphatic imine (C=N–C) groups is 1. The van der Waals surface area contributed by atoms with Crippen molar-refractivity contribution in [2.24, 2.45) is 22.7 Å². The number of amides is 2. The molecule has 69 heavy (non-hydrogen) atoms. The molecule has 20 nitrogen and oxygen atoms in total. The fourth-order valence-electron chi connectivity index (χ4n) is 4.24. The Balaban J connectivity index is 0. The number of carbonyl (C=O) groups is 2. The molecule has 0 bridgehead atoms. The normalized spacial score (nSPS) is 11.1. The van der Waals surface area contributed by atoms with Crippen molar-refractivity contribution < 1.29 is 33.6 Å². The lowest BCUT2D eigenvalue weighted by Crippen LogP contribution is -2.22. The molecule has 8 N–H and O–H groups in total. The highest BCUT2D eigenvalue weighted by Crippen LogP contribution is 2.25. The second-order valence-electron chi connectivity index (χ2n) is 17.3. The Labute approximate surface area is 414 Å². The van der Waals surface area contributed by atoms with Gasteiger partial charge in [0.25, 0.3) is 11.1 Å². The molecule has 0 fully saturated rings. The van der Waals surface area contributed by atoms with Crippen molar-refractivity contribution in [3.63, 3.8) is 0 Å². The average Bonchev–Trinajstić information content (AvgIpc) is 4.15. The van der Waals surface area contributed by atoms with Gasteiger partial charge in [-0.3, -0.25) is 33.4 Å². The second-order valence-corrected chi connectivity index (χ2v) is 18.8. The molecule has 0 saturated heterocycles. The zero-order valence-electron chi connectivity index (χ0n) is 43.6. The van der Waals surface area contributed by atoms with E-state index >= 15 is 0 Å². The Morgan fingerprint density at radius 2 is 1.30 bits per heavy atom. The molecule has 2 amide bonds. The number of nitrogens with zero attached hydrogens (tertiary/aromatic N) is 4. The van der Waals surface area contributed by atoms with Gasteiger partial charge in [0.05, 0.1) is 17.3 Å². The first-order valence-corrected chi connectivity index (χ1v) is 24.0. The van der Waals surface area contributed by atoms with Gasteiger partial charge < -0.3 is 34.6 Å². The van der Waals surface area contributed by atoms with Crippen LogP contribution in [0.3, 0.4) is 0 Å². The van der Waals surface area contributed by atoms with Gasteiger partial charge in [-0.1, -0.05) is 122 Å². The number of carbonyl (C=O) groups excluding carboxylic acids is 2. The minimum Gasteiger partial charge on any atom is -0.505 e. The van der Waals surface area contributed by atoms with Crippen LogP contribution in [0.15, 0.2) is 77.1 Å². The number of hydrogen-bond donors (Lipinski definition) is 8. The molecule has 1 aliphatic heterocycles. The molecule has 0 spiro atoms. The Kier molecular flexibility index (Phi) is 32.8. The van der Waals surface area contributed by atoms with Crippen LogP contribution in [-0.2, 0) is 14.4 Å². The fourth-order valence-corrected chi connectivity index (χ4v) is 5.61. The summed E-state index contributed by atoms with van der Waals surface area (Å²) in [7, 11) is 3.28. The predicted molar refractivity (Wildman–Crippen MR) is 275 cm³/mol. The summed E-state index contributed by atoms with van der Waals surface area (Å²) in [6, 6.07) is 3.11. The maximum atomic E-state index is 11.1. The summed E-state index contributed by atoms with van der Waals surface area (Å²) in [6.07, 6.45) is 3.93. The van der Waals surface area contributed by atoms with Crippen molar-refractivity contribution in [3.8, 4) is 11.5 Å². The molecule has 5 aromatic heterocycles. The summed E-state index contributed by atoms with van der Waals surface area (Å²) in [4.78, 5) is 66.7. The van der Waals surface area contributed by atoms with Gasteiger partial charge in [-0.2, -0.15) is 19.6 Å². The van der Waals surface area contributed by atoms with Crippen LogP contribution in [0.1, 0.15) is 168 Å². The Bertz CT molecular complexity index is 2290. The van der Waals surface area contributed by atoms with E-state index in [2.05, 4.69) is 84.5 Å². The van der Waals surface area contributed by atoms with E-state index in [1.165, 1.54) is 41.7 Å². The van der Waals surface area contributed by atoms with Crippen LogP contribution in [0, 0.1) is 17.8 Å². The van der Waals surface area contributed by atoms with Gasteiger partial charge in [-0.05, 0) is 29.9 Å². The monoisotopic (exact) mass is 1010 g/mol. The topological polar surface area (TPSA) is 296 Å². The van der Waals surface area contributed by atoms with Crippen LogP contribution in [0.25, 0.3) is 0 Å². The molecular formula is C47H78N10O10S2. The van der Waals surface area contributed by atoms with Crippen LogP contribution in [0.4, 0.5) is 0 Å². The molecule has 0 radical (unpaired) electrons. The maximum absolute atomic E-state index is 11.1.